The first kappa shape index (κ1) is 23.6. The Labute approximate surface area is 201 Å². The number of amidine groups is 1. The van der Waals surface area contributed by atoms with Crippen LogP contribution in [0.25, 0.3) is 6.08 Å². The summed E-state index contributed by atoms with van der Waals surface area (Å²) in [6.45, 7) is 0. The fourth-order valence-electron chi connectivity index (χ4n) is 3.27. The largest absolute Gasteiger partial charge is 0.493 e. The van der Waals surface area contributed by atoms with Gasteiger partial charge in [0.25, 0.3) is 5.91 Å². The van der Waals surface area contributed by atoms with E-state index < -0.39 is 10.0 Å². The number of sulfonamides is 1. The predicted octanol–water partition coefficient (Wildman–Crippen LogP) is 4.16. The van der Waals surface area contributed by atoms with Crippen LogP contribution in [0.2, 0.25) is 0 Å². The van der Waals surface area contributed by atoms with Gasteiger partial charge in [0.15, 0.2) is 16.7 Å². The fraction of sp³-hybridized carbons (Fsp3) is 0.0833. The minimum atomic E-state index is -3.81. The number of nitrogens with two attached hydrogens (primary N) is 1. The van der Waals surface area contributed by atoms with Gasteiger partial charge in [0, 0.05) is 0 Å². The predicted molar refractivity (Wildman–Crippen MR) is 134 cm³/mol. The van der Waals surface area contributed by atoms with Crippen LogP contribution in [0.15, 0.2) is 87.6 Å². The molecule has 1 heterocycles. The summed E-state index contributed by atoms with van der Waals surface area (Å²) >= 11 is 1.22. The number of carbonyl (C=O) groups is 1. The summed E-state index contributed by atoms with van der Waals surface area (Å²) in [4.78, 5) is 20.0. The van der Waals surface area contributed by atoms with E-state index in [0.717, 1.165) is 5.56 Å². The molecule has 0 unspecified atom stereocenters. The summed E-state index contributed by atoms with van der Waals surface area (Å²) in [7, 11) is -0.703. The molecule has 3 aromatic rings. The van der Waals surface area contributed by atoms with Gasteiger partial charge in [-0.3, -0.25) is 9.69 Å². The molecule has 1 saturated heterocycles. The van der Waals surface area contributed by atoms with Gasteiger partial charge in [0.1, 0.15) is 0 Å². The Kier molecular flexibility index (Phi) is 6.73. The number of ether oxygens (including phenoxy) is 2. The summed E-state index contributed by atoms with van der Waals surface area (Å²) in [5.74, 6) is 0.910. The molecular weight excluding hydrogens is 474 g/mol. The van der Waals surface area contributed by atoms with E-state index in [-0.39, 0.29) is 10.8 Å². The minimum Gasteiger partial charge on any atom is -0.493 e. The lowest BCUT2D eigenvalue weighted by molar-refractivity contribution is -0.113. The molecule has 1 amide bonds. The number of carbonyl (C=O) groups excluding carboxylic acids is 1. The highest BCUT2D eigenvalue weighted by molar-refractivity contribution is 8.19. The van der Waals surface area contributed by atoms with Crippen molar-refractivity contribution in [3.05, 3.63) is 83.3 Å². The quantitative estimate of drug-likeness (QED) is 0.514. The van der Waals surface area contributed by atoms with Crippen molar-refractivity contribution >= 4 is 50.3 Å². The molecular formula is C24H21N3O5S2. The second kappa shape index (κ2) is 9.72. The van der Waals surface area contributed by atoms with Crippen molar-refractivity contribution in [2.24, 2.45) is 10.1 Å². The Hall–Kier alpha value is -3.60. The standard InChI is InChI=1S/C24H21N3O5S2/c1-31-20-13-8-16(14-21(20)32-2)15-22-23(28)27(18-6-4-3-5-7-18)24(33-22)26-17-9-11-19(12-10-17)34(25,29)30/h3-15H,1-2H3,(H2,25,29,30)/b22-15?,26-24-. The first-order valence-electron chi connectivity index (χ1n) is 10.0. The maximum atomic E-state index is 13.4. The Bertz CT molecular complexity index is 1390. The van der Waals surface area contributed by atoms with Crippen LogP contribution in [0.3, 0.4) is 0 Å². The molecule has 1 aliphatic heterocycles. The number of hydrogen-bond acceptors (Lipinski definition) is 7. The second-order valence-electron chi connectivity index (χ2n) is 7.13. The molecule has 0 saturated carbocycles. The molecule has 34 heavy (non-hydrogen) atoms. The number of rotatable bonds is 6. The van der Waals surface area contributed by atoms with Crippen molar-refractivity contribution in [1.82, 2.24) is 0 Å². The molecule has 0 radical (unpaired) electrons. The van der Waals surface area contributed by atoms with Crippen LogP contribution in [0.1, 0.15) is 5.56 Å². The van der Waals surface area contributed by atoms with Crippen molar-refractivity contribution in [3.8, 4) is 11.5 Å². The van der Waals surface area contributed by atoms with E-state index in [1.165, 1.54) is 40.9 Å². The molecule has 4 rings (SSSR count). The van der Waals surface area contributed by atoms with Gasteiger partial charge >= 0.3 is 0 Å². The van der Waals surface area contributed by atoms with Crippen molar-refractivity contribution < 1.29 is 22.7 Å². The van der Waals surface area contributed by atoms with Crippen LogP contribution in [0.5, 0.6) is 11.5 Å². The maximum absolute atomic E-state index is 13.4. The van der Waals surface area contributed by atoms with Crippen LogP contribution in [0.4, 0.5) is 11.4 Å². The fourth-order valence-corrected chi connectivity index (χ4v) is 4.78. The lowest BCUT2D eigenvalue weighted by Gasteiger charge is -2.15. The van der Waals surface area contributed by atoms with Gasteiger partial charge < -0.3 is 9.47 Å². The van der Waals surface area contributed by atoms with Gasteiger partial charge in [-0.25, -0.2) is 18.5 Å². The topological polar surface area (TPSA) is 111 Å². The number of primary sulfonamides is 1. The van der Waals surface area contributed by atoms with E-state index in [4.69, 9.17) is 14.6 Å². The molecule has 0 bridgehead atoms. The minimum absolute atomic E-state index is 0.0134. The molecule has 174 valence electrons. The molecule has 2 N–H and O–H groups in total. The molecule has 1 fully saturated rings. The van der Waals surface area contributed by atoms with Crippen molar-refractivity contribution in [3.63, 3.8) is 0 Å². The Balaban J connectivity index is 1.74. The first-order chi connectivity index (χ1) is 16.3. The summed E-state index contributed by atoms with van der Waals surface area (Å²) in [5.41, 5.74) is 1.91. The molecule has 10 heteroatoms. The van der Waals surface area contributed by atoms with Crippen molar-refractivity contribution in [2.75, 3.05) is 19.1 Å². The van der Waals surface area contributed by atoms with Crippen LogP contribution in [-0.2, 0) is 14.8 Å². The van der Waals surface area contributed by atoms with Gasteiger partial charge in [-0.2, -0.15) is 0 Å². The highest BCUT2D eigenvalue weighted by Gasteiger charge is 2.34. The lowest BCUT2D eigenvalue weighted by atomic mass is 10.2. The van der Waals surface area contributed by atoms with Crippen LogP contribution >= 0.6 is 11.8 Å². The Morgan fingerprint density at radius 1 is 0.941 bits per heavy atom. The number of methoxy groups -OCH3 is 2. The van der Waals surface area contributed by atoms with Crippen LogP contribution in [0, 0.1) is 0 Å². The van der Waals surface area contributed by atoms with Crippen molar-refractivity contribution in [1.29, 1.82) is 0 Å². The van der Waals surface area contributed by atoms with Crippen LogP contribution in [-0.4, -0.2) is 33.7 Å². The number of amides is 1. The van der Waals surface area contributed by atoms with Crippen LogP contribution < -0.4 is 19.5 Å². The van der Waals surface area contributed by atoms with Crippen molar-refractivity contribution in [2.45, 2.75) is 4.90 Å². The highest BCUT2D eigenvalue weighted by Crippen LogP contribution is 2.38. The third-order valence-corrected chi connectivity index (χ3v) is 6.81. The van der Waals surface area contributed by atoms with E-state index in [9.17, 15) is 13.2 Å². The Morgan fingerprint density at radius 2 is 1.62 bits per heavy atom. The Morgan fingerprint density at radius 3 is 2.24 bits per heavy atom. The SMILES string of the molecule is COc1ccc(C=C2S/C(=N\c3ccc(S(N)(=O)=O)cc3)N(c3ccccc3)C2=O)cc1OC. The molecule has 8 nitrogen and oxygen atoms in total. The number of benzene rings is 3. The molecule has 0 aliphatic carbocycles. The normalized spacial score (nSPS) is 16.3. The summed E-state index contributed by atoms with van der Waals surface area (Å²) in [6.07, 6.45) is 1.76. The molecule has 0 atom stereocenters. The van der Waals surface area contributed by atoms with Gasteiger partial charge in [0.2, 0.25) is 10.0 Å². The van der Waals surface area contributed by atoms with E-state index in [1.54, 1.807) is 32.4 Å². The number of thioether (sulfide) groups is 1. The first-order valence-corrected chi connectivity index (χ1v) is 12.4. The maximum Gasteiger partial charge on any atom is 0.271 e. The number of anilines is 1. The summed E-state index contributed by atoms with van der Waals surface area (Å²) in [5, 5.41) is 5.61. The van der Waals surface area contributed by atoms with E-state index in [1.807, 2.05) is 36.4 Å². The lowest BCUT2D eigenvalue weighted by Crippen LogP contribution is -2.28. The number of aliphatic imine (C=N–C) groups is 1. The van der Waals surface area contributed by atoms with Gasteiger partial charge in [-0.15, -0.1) is 0 Å². The smallest absolute Gasteiger partial charge is 0.271 e. The van der Waals surface area contributed by atoms with E-state index in [2.05, 4.69) is 4.99 Å². The average Bonchev–Trinajstić information content (AvgIpc) is 3.13. The molecule has 3 aromatic carbocycles. The number of hydrogen-bond donors (Lipinski definition) is 1. The van der Waals surface area contributed by atoms with Gasteiger partial charge in [-0.1, -0.05) is 24.3 Å². The zero-order valence-corrected chi connectivity index (χ0v) is 20.0. The summed E-state index contributed by atoms with van der Waals surface area (Å²) in [6, 6.07) is 20.4. The number of nitrogens with zero attached hydrogens (tertiary/aromatic N) is 2. The third-order valence-electron chi connectivity index (χ3n) is 4.92. The highest BCUT2D eigenvalue weighted by atomic mass is 32.2. The van der Waals surface area contributed by atoms with Gasteiger partial charge in [-0.05, 0) is 71.9 Å². The number of para-hydroxylation sites is 1. The third kappa shape index (κ3) is 4.98. The zero-order chi connectivity index (χ0) is 24.3. The molecule has 0 aromatic heterocycles. The second-order valence-corrected chi connectivity index (χ2v) is 9.70. The average molecular weight is 496 g/mol. The van der Waals surface area contributed by atoms with Gasteiger partial charge in [0.05, 0.1) is 35.4 Å². The van der Waals surface area contributed by atoms with E-state index >= 15 is 0 Å². The molecule has 1 aliphatic rings. The zero-order valence-electron chi connectivity index (χ0n) is 18.3. The summed E-state index contributed by atoms with van der Waals surface area (Å²) < 4.78 is 33.7. The molecule has 0 spiro atoms. The monoisotopic (exact) mass is 495 g/mol. The van der Waals surface area contributed by atoms with E-state index in [0.29, 0.717) is 32.9 Å².